The van der Waals surface area contributed by atoms with E-state index in [1.807, 2.05) is 47.2 Å². The van der Waals surface area contributed by atoms with Crippen LogP contribution in [0, 0.1) is 5.41 Å². The van der Waals surface area contributed by atoms with Gasteiger partial charge < -0.3 is 10.0 Å². The van der Waals surface area contributed by atoms with Crippen LogP contribution in [0.25, 0.3) is 0 Å². The summed E-state index contributed by atoms with van der Waals surface area (Å²) in [5, 5.41) is 13.5. The van der Waals surface area contributed by atoms with Crippen LogP contribution in [0.2, 0.25) is 0 Å². The summed E-state index contributed by atoms with van der Waals surface area (Å²) in [5.41, 5.74) is 1.01. The van der Waals surface area contributed by atoms with Crippen LogP contribution in [0.15, 0.2) is 47.2 Å². The highest BCUT2D eigenvalue weighted by molar-refractivity contribution is 7.07. The molecule has 1 fully saturated rings. The summed E-state index contributed by atoms with van der Waals surface area (Å²) in [6, 6.07) is 11.4. The Labute approximate surface area is 139 Å². The van der Waals surface area contributed by atoms with Gasteiger partial charge in [-0.3, -0.25) is 9.59 Å². The van der Waals surface area contributed by atoms with Crippen molar-refractivity contribution in [3.8, 4) is 0 Å². The molecule has 4 nitrogen and oxygen atoms in total. The van der Waals surface area contributed by atoms with Gasteiger partial charge in [-0.05, 0) is 47.4 Å². The number of carbonyl (C=O) groups excluding carboxylic acids is 1. The summed E-state index contributed by atoms with van der Waals surface area (Å²) >= 11 is 1.59. The van der Waals surface area contributed by atoms with Crippen LogP contribution in [0.1, 0.15) is 31.2 Å². The quantitative estimate of drug-likeness (QED) is 0.873. The van der Waals surface area contributed by atoms with Gasteiger partial charge in [0.1, 0.15) is 0 Å². The Morgan fingerprint density at radius 2 is 1.91 bits per heavy atom. The van der Waals surface area contributed by atoms with Gasteiger partial charge in [0.05, 0.1) is 12.0 Å². The fourth-order valence-electron chi connectivity index (χ4n) is 2.95. The van der Waals surface area contributed by atoms with Gasteiger partial charge in [-0.1, -0.05) is 24.6 Å². The van der Waals surface area contributed by atoms with E-state index in [2.05, 4.69) is 0 Å². The number of para-hydroxylation sites is 1. The minimum absolute atomic E-state index is 0.0708. The van der Waals surface area contributed by atoms with Crippen LogP contribution < -0.4 is 4.90 Å². The van der Waals surface area contributed by atoms with Crippen molar-refractivity contribution in [2.45, 2.75) is 32.2 Å². The van der Waals surface area contributed by atoms with Gasteiger partial charge >= 0.3 is 5.97 Å². The van der Waals surface area contributed by atoms with E-state index < -0.39 is 11.4 Å². The van der Waals surface area contributed by atoms with E-state index in [-0.39, 0.29) is 12.3 Å². The first kappa shape index (κ1) is 15.7. The summed E-state index contributed by atoms with van der Waals surface area (Å²) in [7, 11) is 0. The standard InChI is InChI=1S/C18H19NO3S/c20-16(11-18(17(21)22)8-4-9-18)19(12-14-7-10-23-13-14)15-5-2-1-3-6-15/h1-3,5-7,10,13H,4,8-9,11-12H2,(H,21,22). The first-order valence-corrected chi connectivity index (χ1v) is 8.65. The van der Waals surface area contributed by atoms with Crippen molar-refractivity contribution in [2.75, 3.05) is 4.90 Å². The van der Waals surface area contributed by atoms with Crippen LogP contribution in [0.3, 0.4) is 0 Å². The minimum Gasteiger partial charge on any atom is -0.481 e. The maximum Gasteiger partial charge on any atom is 0.310 e. The number of anilines is 1. The van der Waals surface area contributed by atoms with Crippen LogP contribution in [0.5, 0.6) is 0 Å². The number of aliphatic carboxylic acids is 1. The average Bonchev–Trinajstić information content (AvgIpc) is 3.02. The van der Waals surface area contributed by atoms with Crippen molar-refractivity contribution >= 4 is 28.9 Å². The van der Waals surface area contributed by atoms with Gasteiger partial charge in [0.15, 0.2) is 0 Å². The molecule has 23 heavy (non-hydrogen) atoms. The molecule has 0 aliphatic heterocycles. The zero-order valence-electron chi connectivity index (χ0n) is 12.8. The predicted molar refractivity (Wildman–Crippen MR) is 90.5 cm³/mol. The Kier molecular flexibility index (Phi) is 4.48. The molecule has 1 aromatic heterocycles. The number of hydrogen-bond acceptors (Lipinski definition) is 3. The highest BCUT2D eigenvalue weighted by Gasteiger charge is 2.46. The average molecular weight is 329 g/mol. The van der Waals surface area contributed by atoms with Crippen molar-refractivity contribution < 1.29 is 14.7 Å². The lowest BCUT2D eigenvalue weighted by Gasteiger charge is -2.38. The second-order valence-corrected chi connectivity index (χ2v) is 6.84. The predicted octanol–water partition coefficient (Wildman–Crippen LogP) is 3.93. The number of carbonyl (C=O) groups is 2. The fourth-order valence-corrected chi connectivity index (χ4v) is 3.61. The Hall–Kier alpha value is -2.14. The largest absolute Gasteiger partial charge is 0.481 e. The lowest BCUT2D eigenvalue weighted by Crippen LogP contribution is -2.43. The van der Waals surface area contributed by atoms with Crippen molar-refractivity contribution in [3.05, 3.63) is 52.7 Å². The summed E-state index contributed by atoms with van der Waals surface area (Å²) in [5.74, 6) is -0.967. The zero-order chi connectivity index (χ0) is 16.3. The molecule has 1 saturated carbocycles. The lowest BCUT2D eigenvalue weighted by molar-refractivity contribution is -0.157. The number of benzene rings is 1. The molecule has 0 spiro atoms. The smallest absolute Gasteiger partial charge is 0.310 e. The highest BCUT2D eigenvalue weighted by atomic mass is 32.1. The molecule has 120 valence electrons. The second-order valence-electron chi connectivity index (χ2n) is 6.06. The Morgan fingerprint density at radius 3 is 2.43 bits per heavy atom. The van der Waals surface area contributed by atoms with Crippen LogP contribution >= 0.6 is 11.3 Å². The number of carboxylic acid groups (broad SMARTS) is 1. The number of amides is 1. The Bertz CT molecular complexity index is 678. The van der Waals surface area contributed by atoms with Crippen LogP contribution in [-0.4, -0.2) is 17.0 Å². The zero-order valence-corrected chi connectivity index (χ0v) is 13.6. The van der Waals surface area contributed by atoms with Gasteiger partial charge in [-0.15, -0.1) is 0 Å². The highest BCUT2D eigenvalue weighted by Crippen LogP contribution is 2.44. The molecular weight excluding hydrogens is 310 g/mol. The summed E-state index contributed by atoms with van der Waals surface area (Å²) in [6.45, 7) is 0.474. The van der Waals surface area contributed by atoms with Gasteiger partial charge in [-0.25, -0.2) is 0 Å². The molecule has 1 heterocycles. The molecule has 0 radical (unpaired) electrons. The molecule has 1 aliphatic rings. The van der Waals surface area contributed by atoms with Gasteiger partial charge in [0.25, 0.3) is 0 Å². The van der Waals surface area contributed by atoms with Crippen molar-refractivity contribution in [2.24, 2.45) is 5.41 Å². The van der Waals surface area contributed by atoms with Gasteiger partial charge in [0.2, 0.25) is 5.91 Å². The second kappa shape index (κ2) is 6.54. The molecule has 5 heteroatoms. The van der Waals surface area contributed by atoms with Crippen LogP contribution in [-0.2, 0) is 16.1 Å². The van der Waals surface area contributed by atoms with E-state index in [4.69, 9.17) is 0 Å². The summed E-state index contributed by atoms with van der Waals surface area (Å²) in [4.78, 5) is 26.1. The maximum absolute atomic E-state index is 12.8. The third-order valence-corrected chi connectivity index (χ3v) is 5.28. The molecule has 1 amide bonds. The Morgan fingerprint density at radius 1 is 1.17 bits per heavy atom. The van der Waals surface area contributed by atoms with Crippen molar-refractivity contribution in [3.63, 3.8) is 0 Å². The van der Waals surface area contributed by atoms with Gasteiger partial charge in [0, 0.05) is 12.1 Å². The summed E-state index contributed by atoms with van der Waals surface area (Å²) < 4.78 is 0. The molecule has 0 unspecified atom stereocenters. The third-order valence-electron chi connectivity index (χ3n) is 4.54. The number of hydrogen-bond donors (Lipinski definition) is 1. The van der Waals surface area contributed by atoms with Crippen molar-refractivity contribution in [1.29, 1.82) is 0 Å². The number of rotatable bonds is 6. The van der Waals surface area contributed by atoms with E-state index in [1.54, 1.807) is 16.2 Å². The molecule has 2 aromatic rings. The molecule has 1 aliphatic carbocycles. The van der Waals surface area contributed by atoms with E-state index in [1.165, 1.54) is 0 Å². The topological polar surface area (TPSA) is 57.6 Å². The molecule has 0 atom stereocenters. The van der Waals surface area contributed by atoms with E-state index in [9.17, 15) is 14.7 Å². The first-order chi connectivity index (χ1) is 11.1. The number of nitrogens with zero attached hydrogens (tertiary/aromatic N) is 1. The molecular formula is C18H19NO3S. The molecule has 0 bridgehead atoms. The number of carboxylic acids is 1. The van der Waals surface area contributed by atoms with Crippen molar-refractivity contribution in [1.82, 2.24) is 0 Å². The normalized spacial score (nSPS) is 15.7. The first-order valence-electron chi connectivity index (χ1n) is 7.71. The van der Waals surface area contributed by atoms with E-state index in [0.29, 0.717) is 19.4 Å². The van der Waals surface area contributed by atoms with E-state index in [0.717, 1.165) is 17.7 Å². The maximum atomic E-state index is 12.8. The molecule has 1 N–H and O–H groups in total. The summed E-state index contributed by atoms with van der Waals surface area (Å²) in [6.07, 6.45) is 2.14. The SMILES string of the molecule is O=C(CC1(C(=O)O)CCC1)N(Cc1ccsc1)c1ccccc1. The lowest BCUT2D eigenvalue weighted by atomic mass is 9.66. The fraction of sp³-hybridized carbons (Fsp3) is 0.333. The van der Waals surface area contributed by atoms with Crippen LogP contribution in [0.4, 0.5) is 5.69 Å². The number of thiophene rings is 1. The molecule has 3 rings (SSSR count). The molecule has 0 saturated heterocycles. The van der Waals surface area contributed by atoms with Gasteiger partial charge in [-0.2, -0.15) is 11.3 Å². The van der Waals surface area contributed by atoms with E-state index >= 15 is 0 Å². The molecule has 1 aromatic carbocycles. The third kappa shape index (κ3) is 3.29. The minimum atomic E-state index is -0.862. The monoisotopic (exact) mass is 329 g/mol. The Balaban J connectivity index is 1.82.